The number of carbonyl (C=O) groups excluding carboxylic acids is 1. The molecular weight excluding hydrogens is 245 g/mol. The summed E-state index contributed by atoms with van der Waals surface area (Å²) in [4.78, 5) is 17.1. The van der Waals surface area contributed by atoms with Crippen molar-refractivity contribution in [3.8, 4) is 0 Å². The van der Waals surface area contributed by atoms with Crippen molar-refractivity contribution in [1.82, 2.24) is 15.2 Å². The molecule has 2 N–H and O–H groups in total. The average molecular weight is 261 g/mol. The fraction of sp³-hybridized carbons (Fsp3) is 0.357. The molecule has 4 nitrogen and oxygen atoms in total. The number of fused-ring (bicyclic) bond motifs is 1. The van der Waals surface area contributed by atoms with E-state index in [-0.39, 0.29) is 11.7 Å². The molecule has 1 aliphatic rings. The number of hydrogen-bond acceptors (Lipinski definition) is 2. The molecule has 1 aliphatic heterocycles. The van der Waals surface area contributed by atoms with Crippen LogP contribution < -0.4 is 5.32 Å². The van der Waals surface area contributed by atoms with E-state index in [1.165, 1.54) is 12.1 Å². The van der Waals surface area contributed by atoms with Crippen LogP contribution in [0.4, 0.5) is 4.39 Å². The normalized spacial score (nSPS) is 15.9. The summed E-state index contributed by atoms with van der Waals surface area (Å²) >= 11 is 0. The van der Waals surface area contributed by atoms with Gasteiger partial charge in [0.15, 0.2) is 0 Å². The number of rotatable bonds is 2. The van der Waals surface area contributed by atoms with Gasteiger partial charge in [0.05, 0.1) is 6.42 Å². The first-order valence-corrected chi connectivity index (χ1v) is 6.48. The van der Waals surface area contributed by atoms with Gasteiger partial charge < -0.3 is 15.2 Å². The third kappa shape index (κ3) is 2.46. The molecule has 0 spiro atoms. The van der Waals surface area contributed by atoms with Gasteiger partial charge in [-0.2, -0.15) is 0 Å². The summed E-state index contributed by atoms with van der Waals surface area (Å²) in [5.41, 5.74) is 1.72. The molecule has 1 fully saturated rings. The van der Waals surface area contributed by atoms with Gasteiger partial charge in [-0.3, -0.25) is 4.79 Å². The van der Waals surface area contributed by atoms with Crippen molar-refractivity contribution in [2.24, 2.45) is 0 Å². The Labute approximate surface area is 110 Å². The highest BCUT2D eigenvalue weighted by Gasteiger charge is 2.17. The summed E-state index contributed by atoms with van der Waals surface area (Å²) in [7, 11) is 0. The van der Waals surface area contributed by atoms with Crippen molar-refractivity contribution in [3.63, 3.8) is 0 Å². The highest BCUT2D eigenvalue weighted by atomic mass is 19.1. The minimum absolute atomic E-state index is 0.103. The fourth-order valence-electron chi connectivity index (χ4n) is 2.49. The molecule has 0 bridgehead atoms. The highest BCUT2D eigenvalue weighted by molar-refractivity contribution is 5.89. The maximum Gasteiger partial charge on any atom is 0.227 e. The monoisotopic (exact) mass is 261 g/mol. The lowest BCUT2D eigenvalue weighted by atomic mass is 10.1. The summed E-state index contributed by atoms with van der Waals surface area (Å²) < 4.78 is 13.3. The molecule has 1 aromatic heterocycles. The SMILES string of the molecule is O=C(Cc1c[nH]c2ccc(F)cc12)N1CCNCC1. The summed E-state index contributed by atoms with van der Waals surface area (Å²) in [5.74, 6) is -0.172. The second-order valence-electron chi connectivity index (χ2n) is 4.81. The van der Waals surface area contributed by atoms with Gasteiger partial charge in [0, 0.05) is 43.3 Å². The second-order valence-corrected chi connectivity index (χ2v) is 4.81. The lowest BCUT2D eigenvalue weighted by Gasteiger charge is -2.27. The van der Waals surface area contributed by atoms with Crippen molar-refractivity contribution in [2.45, 2.75) is 6.42 Å². The zero-order valence-corrected chi connectivity index (χ0v) is 10.6. The van der Waals surface area contributed by atoms with Crippen LogP contribution in [0.1, 0.15) is 5.56 Å². The Balaban J connectivity index is 1.80. The first kappa shape index (κ1) is 12.2. The van der Waals surface area contributed by atoms with Crippen LogP contribution in [0.3, 0.4) is 0 Å². The molecule has 0 aliphatic carbocycles. The second kappa shape index (κ2) is 5.01. The van der Waals surface area contributed by atoms with Crippen LogP contribution in [0.2, 0.25) is 0 Å². The number of piperazine rings is 1. The Morgan fingerprint density at radius 2 is 2.11 bits per heavy atom. The van der Waals surface area contributed by atoms with Crippen molar-refractivity contribution >= 4 is 16.8 Å². The van der Waals surface area contributed by atoms with E-state index in [1.54, 1.807) is 12.3 Å². The van der Waals surface area contributed by atoms with Crippen LogP contribution in [-0.4, -0.2) is 42.0 Å². The van der Waals surface area contributed by atoms with Gasteiger partial charge in [-0.1, -0.05) is 0 Å². The Hall–Kier alpha value is -1.88. The van der Waals surface area contributed by atoms with Gasteiger partial charge in [-0.25, -0.2) is 4.39 Å². The molecule has 100 valence electrons. The predicted molar refractivity (Wildman–Crippen MR) is 71.4 cm³/mol. The van der Waals surface area contributed by atoms with E-state index in [4.69, 9.17) is 0 Å². The predicted octanol–water partition coefficient (Wildman–Crippen LogP) is 1.28. The zero-order chi connectivity index (χ0) is 13.2. The van der Waals surface area contributed by atoms with Crippen LogP contribution in [0, 0.1) is 5.82 Å². The van der Waals surface area contributed by atoms with Gasteiger partial charge in [-0.05, 0) is 23.8 Å². The van der Waals surface area contributed by atoms with Crippen LogP contribution in [0.5, 0.6) is 0 Å². The number of H-pyrrole nitrogens is 1. The third-order valence-corrected chi connectivity index (χ3v) is 3.54. The summed E-state index contributed by atoms with van der Waals surface area (Å²) in [6.45, 7) is 3.17. The van der Waals surface area contributed by atoms with Gasteiger partial charge >= 0.3 is 0 Å². The number of nitrogens with one attached hydrogen (secondary N) is 2. The maximum atomic E-state index is 13.3. The number of aromatic amines is 1. The number of nitrogens with zero attached hydrogens (tertiary/aromatic N) is 1. The molecule has 1 saturated heterocycles. The molecule has 0 atom stereocenters. The topological polar surface area (TPSA) is 48.1 Å². The molecule has 3 rings (SSSR count). The van der Waals surface area contributed by atoms with Gasteiger partial charge in [0.1, 0.15) is 5.82 Å². The summed E-state index contributed by atoms with van der Waals surface area (Å²) in [5, 5.41) is 4.01. The summed E-state index contributed by atoms with van der Waals surface area (Å²) in [6, 6.07) is 4.59. The number of aromatic nitrogens is 1. The molecule has 19 heavy (non-hydrogen) atoms. The molecule has 0 unspecified atom stereocenters. The molecular formula is C14H16FN3O. The Morgan fingerprint density at radius 3 is 2.89 bits per heavy atom. The van der Waals surface area contributed by atoms with Crippen LogP contribution >= 0.6 is 0 Å². The molecule has 2 heterocycles. The van der Waals surface area contributed by atoms with E-state index < -0.39 is 0 Å². The maximum absolute atomic E-state index is 13.3. The Bertz CT molecular complexity index is 602. The largest absolute Gasteiger partial charge is 0.361 e. The first-order chi connectivity index (χ1) is 9.24. The third-order valence-electron chi connectivity index (χ3n) is 3.54. The van der Waals surface area contributed by atoms with Crippen LogP contribution in [0.25, 0.3) is 10.9 Å². The first-order valence-electron chi connectivity index (χ1n) is 6.48. The molecule has 0 saturated carbocycles. The minimum atomic E-state index is -0.275. The van der Waals surface area contributed by atoms with Gasteiger partial charge in [0.2, 0.25) is 5.91 Å². The van der Waals surface area contributed by atoms with E-state index in [0.29, 0.717) is 6.42 Å². The van der Waals surface area contributed by atoms with E-state index >= 15 is 0 Å². The highest BCUT2D eigenvalue weighted by Crippen LogP contribution is 2.20. The minimum Gasteiger partial charge on any atom is -0.361 e. The Kier molecular flexibility index (Phi) is 3.21. The lowest BCUT2D eigenvalue weighted by Crippen LogP contribution is -2.46. The van der Waals surface area contributed by atoms with Crippen LogP contribution in [0.15, 0.2) is 24.4 Å². The molecule has 0 radical (unpaired) electrons. The molecule has 2 aromatic rings. The fourth-order valence-corrected chi connectivity index (χ4v) is 2.49. The van der Waals surface area contributed by atoms with Crippen molar-refractivity contribution in [1.29, 1.82) is 0 Å². The smallest absolute Gasteiger partial charge is 0.227 e. The van der Waals surface area contributed by atoms with E-state index in [9.17, 15) is 9.18 Å². The van der Waals surface area contributed by atoms with Crippen LogP contribution in [-0.2, 0) is 11.2 Å². The average Bonchev–Trinajstić information content (AvgIpc) is 2.82. The number of halogens is 1. The Morgan fingerprint density at radius 1 is 1.32 bits per heavy atom. The quantitative estimate of drug-likeness (QED) is 0.855. The standard InChI is InChI=1S/C14H16FN3O/c15-11-1-2-13-12(8-11)10(9-17-13)7-14(19)18-5-3-16-4-6-18/h1-2,8-9,16-17H,3-7H2. The van der Waals surface area contributed by atoms with Crippen molar-refractivity contribution in [2.75, 3.05) is 26.2 Å². The molecule has 1 aromatic carbocycles. The molecule has 1 amide bonds. The van der Waals surface area contributed by atoms with Gasteiger partial charge in [0.25, 0.3) is 0 Å². The van der Waals surface area contributed by atoms with E-state index in [2.05, 4.69) is 10.3 Å². The number of hydrogen-bond donors (Lipinski definition) is 2. The number of benzene rings is 1. The zero-order valence-electron chi connectivity index (χ0n) is 10.6. The van der Waals surface area contributed by atoms with Crippen molar-refractivity contribution < 1.29 is 9.18 Å². The van der Waals surface area contributed by atoms with Gasteiger partial charge in [-0.15, -0.1) is 0 Å². The lowest BCUT2D eigenvalue weighted by molar-refractivity contribution is -0.131. The number of carbonyl (C=O) groups is 1. The number of amides is 1. The summed E-state index contributed by atoms with van der Waals surface area (Å²) in [6.07, 6.45) is 2.12. The molecule has 5 heteroatoms. The van der Waals surface area contributed by atoms with E-state index in [0.717, 1.165) is 42.6 Å². The van der Waals surface area contributed by atoms with E-state index in [1.807, 2.05) is 4.90 Å². The van der Waals surface area contributed by atoms with Crippen molar-refractivity contribution in [3.05, 3.63) is 35.8 Å².